The summed E-state index contributed by atoms with van der Waals surface area (Å²) in [6.45, 7) is 4.34. The predicted octanol–water partition coefficient (Wildman–Crippen LogP) is 5.01. The van der Waals surface area contributed by atoms with Gasteiger partial charge in [0.05, 0.1) is 29.5 Å². The minimum absolute atomic E-state index is 0.148. The number of anilines is 2. The van der Waals surface area contributed by atoms with Crippen LogP contribution in [0.25, 0.3) is 17.2 Å². The molecule has 0 saturated carbocycles. The van der Waals surface area contributed by atoms with Crippen molar-refractivity contribution >= 4 is 39.5 Å². The smallest absolute Gasteiger partial charge is 0.409 e. The lowest BCUT2D eigenvalue weighted by Gasteiger charge is -2.26. The third-order valence-electron chi connectivity index (χ3n) is 7.03. The van der Waals surface area contributed by atoms with Gasteiger partial charge in [0.2, 0.25) is 5.91 Å². The maximum absolute atomic E-state index is 13.5. The third kappa shape index (κ3) is 7.77. The molecular formula is C32H32N4O6S. The first kappa shape index (κ1) is 29.8. The molecule has 0 spiro atoms. The Morgan fingerprint density at radius 2 is 1.58 bits per heavy atom. The number of benzene rings is 3. The third-order valence-corrected chi connectivity index (χ3v) is 8.67. The van der Waals surface area contributed by atoms with Crippen molar-refractivity contribution in [3.8, 4) is 11.1 Å². The Kier molecular flexibility index (Phi) is 9.35. The van der Waals surface area contributed by atoms with Gasteiger partial charge in [-0.3, -0.25) is 15.0 Å². The summed E-state index contributed by atoms with van der Waals surface area (Å²) in [5.74, 6) is -0.505. The molecular weight excluding hydrogens is 568 g/mol. The summed E-state index contributed by atoms with van der Waals surface area (Å²) in [7, 11) is -3.89. The van der Waals surface area contributed by atoms with Gasteiger partial charge in [0.15, 0.2) is 0 Å². The molecule has 1 saturated heterocycles. The van der Waals surface area contributed by atoms with E-state index in [9.17, 15) is 18.0 Å². The van der Waals surface area contributed by atoms with Gasteiger partial charge < -0.3 is 15.2 Å². The fourth-order valence-corrected chi connectivity index (χ4v) is 6.03. The molecule has 2 heterocycles. The number of morpholine rings is 1. The van der Waals surface area contributed by atoms with E-state index in [4.69, 9.17) is 9.84 Å². The van der Waals surface area contributed by atoms with Crippen LogP contribution in [0.4, 0.5) is 16.2 Å². The van der Waals surface area contributed by atoms with Crippen LogP contribution < -0.4 is 10.6 Å². The van der Waals surface area contributed by atoms with E-state index in [1.54, 1.807) is 42.5 Å². The average molecular weight is 601 g/mol. The summed E-state index contributed by atoms with van der Waals surface area (Å²) in [6, 6.07) is 23.0. The molecule has 3 aromatic carbocycles. The van der Waals surface area contributed by atoms with Crippen LogP contribution in [0.2, 0.25) is 0 Å². The number of carboxylic acid groups (broad SMARTS) is 1. The molecule has 0 bridgehead atoms. The zero-order valence-electron chi connectivity index (χ0n) is 23.3. The Balaban J connectivity index is 1.26. The molecule has 1 aliphatic heterocycles. The standard InChI is InChI=1S/C32H32N4O6S/c37-31(33-29-9-1-2-10-30(29)34-32(38)39)12-11-25-14-16-36(23-25)43(40,41)28-8-4-7-27(22-28)26-6-3-5-24(21-26)13-15-35-17-19-42-20-18-35/h1-12,14,16,21-23,34H,13,15,17-20H2,(H,33,37)(H,38,39)/b12-11+. The molecule has 0 radical (unpaired) electrons. The van der Waals surface area contributed by atoms with Crippen molar-refractivity contribution < 1.29 is 27.9 Å². The van der Waals surface area contributed by atoms with E-state index in [0.29, 0.717) is 11.3 Å². The molecule has 0 aliphatic carbocycles. The Hall–Kier alpha value is -4.71. The first-order valence-corrected chi connectivity index (χ1v) is 15.2. The molecule has 2 amide bonds. The molecule has 4 aromatic rings. The van der Waals surface area contributed by atoms with Gasteiger partial charge in [0.25, 0.3) is 10.0 Å². The highest BCUT2D eigenvalue weighted by molar-refractivity contribution is 7.90. The maximum atomic E-state index is 13.5. The molecule has 0 atom stereocenters. The molecule has 222 valence electrons. The number of carbonyl (C=O) groups is 2. The summed E-state index contributed by atoms with van der Waals surface area (Å²) in [6.07, 6.45) is 5.23. The second-order valence-electron chi connectivity index (χ2n) is 10.0. The number of hydrogen-bond acceptors (Lipinski definition) is 6. The number of amides is 2. The second kappa shape index (κ2) is 13.5. The molecule has 3 N–H and O–H groups in total. The molecule has 10 nitrogen and oxygen atoms in total. The zero-order valence-corrected chi connectivity index (χ0v) is 24.2. The fraction of sp³-hybridized carbons (Fsp3) is 0.188. The Labute approximate surface area is 250 Å². The van der Waals surface area contributed by atoms with Crippen molar-refractivity contribution in [1.29, 1.82) is 0 Å². The predicted molar refractivity (Wildman–Crippen MR) is 166 cm³/mol. The summed E-state index contributed by atoms with van der Waals surface area (Å²) in [5, 5.41) is 13.8. The molecule has 1 fully saturated rings. The number of nitrogens with zero attached hydrogens (tertiary/aromatic N) is 2. The number of carbonyl (C=O) groups excluding carboxylic acids is 1. The van der Waals surface area contributed by atoms with Crippen molar-refractivity contribution in [1.82, 2.24) is 8.87 Å². The lowest BCUT2D eigenvalue weighted by atomic mass is 10.0. The first-order chi connectivity index (χ1) is 20.8. The topological polar surface area (TPSA) is 130 Å². The number of para-hydroxylation sites is 2. The monoisotopic (exact) mass is 600 g/mol. The molecule has 1 aromatic heterocycles. The normalized spacial score (nSPS) is 14.0. The molecule has 43 heavy (non-hydrogen) atoms. The van der Waals surface area contributed by atoms with Crippen LogP contribution in [0.3, 0.4) is 0 Å². The van der Waals surface area contributed by atoms with Crippen LogP contribution in [0.5, 0.6) is 0 Å². The van der Waals surface area contributed by atoms with Crippen molar-refractivity contribution in [3.63, 3.8) is 0 Å². The minimum atomic E-state index is -3.89. The number of rotatable bonds is 10. The molecule has 0 unspecified atom stereocenters. The van der Waals surface area contributed by atoms with Crippen molar-refractivity contribution in [2.24, 2.45) is 0 Å². The van der Waals surface area contributed by atoms with Gasteiger partial charge in [-0.05, 0) is 65.1 Å². The summed E-state index contributed by atoms with van der Waals surface area (Å²) < 4.78 is 33.5. The van der Waals surface area contributed by atoms with Crippen molar-refractivity contribution in [2.45, 2.75) is 11.3 Å². The van der Waals surface area contributed by atoms with Gasteiger partial charge in [-0.15, -0.1) is 0 Å². The van der Waals surface area contributed by atoms with Gasteiger partial charge in [-0.1, -0.05) is 48.5 Å². The quantitative estimate of drug-likeness (QED) is 0.218. The minimum Gasteiger partial charge on any atom is -0.465 e. The van der Waals surface area contributed by atoms with E-state index in [1.165, 1.54) is 36.2 Å². The zero-order chi connectivity index (χ0) is 30.2. The number of nitrogens with one attached hydrogen (secondary N) is 2. The van der Waals surface area contributed by atoms with Crippen LogP contribution in [-0.2, 0) is 26.0 Å². The molecule has 5 rings (SSSR count). The van der Waals surface area contributed by atoms with Gasteiger partial charge in [0.1, 0.15) is 0 Å². The lowest BCUT2D eigenvalue weighted by Crippen LogP contribution is -2.37. The van der Waals surface area contributed by atoms with E-state index in [2.05, 4.69) is 27.7 Å². The van der Waals surface area contributed by atoms with Crippen LogP contribution in [0, 0.1) is 0 Å². The number of aromatic nitrogens is 1. The average Bonchev–Trinajstić information content (AvgIpc) is 3.51. The van der Waals surface area contributed by atoms with E-state index < -0.39 is 22.0 Å². The van der Waals surface area contributed by atoms with E-state index in [0.717, 1.165) is 54.4 Å². The Morgan fingerprint density at radius 1 is 0.884 bits per heavy atom. The van der Waals surface area contributed by atoms with Gasteiger partial charge >= 0.3 is 6.09 Å². The molecule has 1 aliphatic rings. The number of ether oxygens (including phenoxy) is 1. The SMILES string of the molecule is O=C(O)Nc1ccccc1NC(=O)/C=C/c1ccn(S(=O)(=O)c2cccc(-c3cccc(CCN4CCOCC4)c3)c2)c1. The summed E-state index contributed by atoms with van der Waals surface area (Å²) >= 11 is 0. The first-order valence-electron chi connectivity index (χ1n) is 13.8. The number of hydrogen-bond donors (Lipinski definition) is 3. The molecule has 11 heteroatoms. The van der Waals surface area contributed by atoms with Gasteiger partial charge in [0, 0.05) is 38.1 Å². The van der Waals surface area contributed by atoms with Crippen LogP contribution in [-0.4, -0.2) is 67.2 Å². The van der Waals surface area contributed by atoms with Gasteiger partial charge in [-0.2, -0.15) is 0 Å². The van der Waals surface area contributed by atoms with Crippen molar-refractivity contribution in [3.05, 3.63) is 108 Å². The van der Waals surface area contributed by atoms with Crippen LogP contribution in [0.1, 0.15) is 11.1 Å². The van der Waals surface area contributed by atoms with Crippen molar-refractivity contribution in [2.75, 3.05) is 43.5 Å². The van der Waals surface area contributed by atoms with Crippen LogP contribution in [0.15, 0.2) is 102 Å². The highest BCUT2D eigenvalue weighted by Gasteiger charge is 2.18. The van der Waals surface area contributed by atoms with E-state index in [-0.39, 0.29) is 10.6 Å². The largest absolute Gasteiger partial charge is 0.465 e. The second-order valence-corrected chi connectivity index (χ2v) is 11.9. The maximum Gasteiger partial charge on any atom is 0.409 e. The lowest BCUT2D eigenvalue weighted by molar-refractivity contribution is -0.111. The Bertz CT molecular complexity index is 1740. The summed E-state index contributed by atoms with van der Waals surface area (Å²) in [4.78, 5) is 26.0. The highest BCUT2D eigenvalue weighted by Crippen LogP contribution is 2.26. The Morgan fingerprint density at radius 3 is 2.33 bits per heavy atom. The fourth-order valence-electron chi connectivity index (χ4n) is 4.78. The highest BCUT2D eigenvalue weighted by atomic mass is 32.2. The van der Waals surface area contributed by atoms with Crippen LogP contribution >= 0.6 is 0 Å². The summed E-state index contributed by atoms with van der Waals surface area (Å²) in [5.41, 5.74) is 3.96. The van der Waals surface area contributed by atoms with E-state index in [1.807, 2.05) is 18.2 Å². The van der Waals surface area contributed by atoms with Gasteiger partial charge in [-0.25, -0.2) is 17.2 Å². The van der Waals surface area contributed by atoms with E-state index >= 15 is 0 Å².